The minimum Gasteiger partial charge on any atom is -0.241 e. The predicted octanol–water partition coefficient (Wildman–Crippen LogP) is 4.03. The largest absolute Gasteiger partial charge is 0.241 e. The third kappa shape index (κ3) is 2.47. The summed E-state index contributed by atoms with van der Waals surface area (Å²) >= 11 is 4.76. The first-order chi connectivity index (χ1) is 7.70. The summed E-state index contributed by atoms with van der Waals surface area (Å²) in [5.41, 5.74) is 1.58. The lowest BCUT2D eigenvalue weighted by molar-refractivity contribution is 0.509. The summed E-state index contributed by atoms with van der Waals surface area (Å²) < 4.78 is 25.8. The molecule has 0 saturated heterocycles. The maximum Gasteiger partial charge on any atom is 0.159 e. The lowest BCUT2D eigenvalue weighted by Gasteiger charge is -1.97. The summed E-state index contributed by atoms with van der Waals surface area (Å²) in [6, 6.07) is 3.83. The summed E-state index contributed by atoms with van der Waals surface area (Å²) in [6.45, 7) is 0. The minimum absolute atomic E-state index is 0.615. The molecule has 1 heterocycles. The van der Waals surface area contributed by atoms with Gasteiger partial charge in [-0.1, -0.05) is 15.9 Å². The van der Waals surface area contributed by atoms with E-state index in [2.05, 4.69) is 20.9 Å². The van der Waals surface area contributed by atoms with E-state index in [9.17, 15) is 8.78 Å². The van der Waals surface area contributed by atoms with Gasteiger partial charge in [-0.3, -0.25) is 0 Å². The van der Waals surface area contributed by atoms with Crippen LogP contribution in [0.1, 0.15) is 5.69 Å². The summed E-state index contributed by atoms with van der Waals surface area (Å²) in [6.07, 6.45) is 0.834. The fraction of sp³-hybridized carbons (Fsp3) is 0.182. The van der Waals surface area contributed by atoms with Crippen molar-refractivity contribution < 1.29 is 8.78 Å². The van der Waals surface area contributed by atoms with Gasteiger partial charge < -0.3 is 0 Å². The van der Waals surface area contributed by atoms with Gasteiger partial charge in [-0.05, 0) is 18.2 Å². The second-order valence-electron chi connectivity index (χ2n) is 3.21. The van der Waals surface area contributed by atoms with E-state index in [-0.39, 0.29) is 0 Å². The number of halogens is 3. The van der Waals surface area contributed by atoms with Crippen molar-refractivity contribution in [2.75, 3.05) is 5.33 Å². The van der Waals surface area contributed by atoms with Crippen LogP contribution in [0.4, 0.5) is 8.78 Å². The van der Waals surface area contributed by atoms with Crippen LogP contribution in [-0.4, -0.2) is 10.3 Å². The predicted molar refractivity (Wildman–Crippen MR) is 65.0 cm³/mol. The number of alkyl halides is 1. The Morgan fingerprint density at radius 2 is 2.06 bits per heavy atom. The van der Waals surface area contributed by atoms with Crippen LogP contribution in [0.15, 0.2) is 23.6 Å². The van der Waals surface area contributed by atoms with Crippen LogP contribution in [0.25, 0.3) is 10.6 Å². The van der Waals surface area contributed by atoms with E-state index in [1.54, 1.807) is 0 Å². The van der Waals surface area contributed by atoms with Gasteiger partial charge in [0.15, 0.2) is 11.6 Å². The Kier molecular flexibility index (Phi) is 3.66. The zero-order chi connectivity index (χ0) is 11.5. The van der Waals surface area contributed by atoms with Crippen LogP contribution in [-0.2, 0) is 6.42 Å². The Morgan fingerprint density at radius 3 is 2.75 bits per heavy atom. The maximum atomic E-state index is 13.0. The van der Waals surface area contributed by atoms with Gasteiger partial charge in [0.1, 0.15) is 5.01 Å². The lowest BCUT2D eigenvalue weighted by Crippen LogP contribution is -1.87. The summed E-state index contributed by atoms with van der Waals surface area (Å²) in [5, 5.41) is 3.49. The molecule has 0 aliphatic carbocycles. The quantitative estimate of drug-likeness (QED) is 0.780. The molecule has 1 aromatic heterocycles. The highest BCUT2D eigenvalue weighted by atomic mass is 79.9. The third-order valence-electron chi connectivity index (χ3n) is 2.07. The van der Waals surface area contributed by atoms with Gasteiger partial charge in [0, 0.05) is 22.7 Å². The van der Waals surface area contributed by atoms with Crippen LogP contribution in [0, 0.1) is 11.6 Å². The average Bonchev–Trinajstić information content (AvgIpc) is 2.71. The second kappa shape index (κ2) is 5.01. The van der Waals surface area contributed by atoms with Crippen molar-refractivity contribution in [2.45, 2.75) is 6.42 Å². The SMILES string of the molecule is Fc1ccc(-c2nc(CCBr)cs2)cc1F. The average molecular weight is 304 g/mol. The number of aryl methyl sites for hydroxylation is 1. The Morgan fingerprint density at radius 1 is 1.25 bits per heavy atom. The second-order valence-corrected chi connectivity index (χ2v) is 4.86. The van der Waals surface area contributed by atoms with E-state index < -0.39 is 11.6 Å². The molecular weight excluding hydrogens is 296 g/mol. The Bertz CT molecular complexity index is 498. The smallest absolute Gasteiger partial charge is 0.159 e. The van der Waals surface area contributed by atoms with E-state index in [0.717, 1.165) is 28.5 Å². The van der Waals surface area contributed by atoms with Gasteiger partial charge in [-0.25, -0.2) is 13.8 Å². The van der Waals surface area contributed by atoms with Gasteiger partial charge in [-0.15, -0.1) is 11.3 Å². The van der Waals surface area contributed by atoms with Gasteiger partial charge in [-0.2, -0.15) is 0 Å². The zero-order valence-corrected chi connectivity index (χ0v) is 10.6. The monoisotopic (exact) mass is 303 g/mol. The zero-order valence-electron chi connectivity index (χ0n) is 8.21. The normalized spacial score (nSPS) is 10.7. The number of aromatic nitrogens is 1. The molecule has 0 spiro atoms. The summed E-state index contributed by atoms with van der Waals surface area (Å²) in [4.78, 5) is 4.34. The molecule has 2 aromatic rings. The molecule has 1 nitrogen and oxygen atoms in total. The molecule has 0 fully saturated rings. The molecule has 0 unspecified atom stereocenters. The molecule has 0 saturated carbocycles. The first-order valence-electron chi connectivity index (χ1n) is 4.66. The van der Waals surface area contributed by atoms with Crippen LogP contribution in [0.5, 0.6) is 0 Å². The maximum absolute atomic E-state index is 13.0. The molecule has 0 aliphatic heterocycles. The minimum atomic E-state index is -0.838. The van der Waals surface area contributed by atoms with Crippen LogP contribution in [0.3, 0.4) is 0 Å². The summed E-state index contributed by atoms with van der Waals surface area (Å²) in [5.74, 6) is -1.67. The van der Waals surface area contributed by atoms with E-state index >= 15 is 0 Å². The molecule has 16 heavy (non-hydrogen) atoms. The molecule has 5 heteroatoms. The standard InChI is InChI=1S/C11H8BrF2NS/c12-4-3-8-6-16-11(15-8)7-1-2-9(13)10(14)5-7/h1-2,5-6H,3-4H2. The molecule has 2 rings (SSSR count). The molecule has 0 aliphatic rings. The van der Waals surface area contributed by atoms with E-state index in [1.807, 2.05) is 5.38 Å². The molecule has 0 bridgehead atoms. The molecule has 84 valence electrons. The highest BCUT2D eigenvalue weighted by Crippen LogP contribution is 2.25. The number of hydrogen-bond acceptors (Lipinski definition) is 2. The van der Waals surface area contributed by atoms with Gasteiger partial charge in [0.25, 0.3) is 0 Å². The summed E-state index contributed by atoms with van der Waals surface area (Å²) in [7, 11) is 0. The fourth-order valence-electron chi connectivity index (χ4n) is 1.28. The van der Waals surface area contributed by atoms with Gasteiger partial charge in [0.2, 0.25) is 0 Å². The van der Waals surface area contributed by atoms with Crippen molar-refractivity contribution in [3.8, 4) is 10.6 Å². The number of benzene rings is 1. The first-order valence-corrected chi connectivity index (χ1v) is 6.66. The molecule has 0 atom stereocenters. The van der Waals surface area contributed by atoms with Crippen molar-refractivity contribution in [3.63, 3.8) is 0 Å². The Labute approximate surface area is 104 Å². The molecular formula is C11H8BrF2NS. The number of hydrogen-bond donors (Lipinski definition) is 0. The van der Waals surface area contributed by atoms with Gasteiger partial charge in [0.05, 0.1) is 5.69 Å². The van der Waals surface area contributed by atoms with E-state index in [0.29, 0.717) is 5.56 Å². The highest BCUT2D eigenvalue weighted by Gasteiger charge is 2.08. The van der Waals surface area contributed by atoms with Crippen LogP contribution in [0.2, 0.25) is 0 Å². The van der Waals surface area contributed by atoms with Crippen molar-refractivity contribution in [2.24, 2.45) is 0 Å². The van der Waals surface area contributed by atoms with Crippen molar-refractivity contribution in [3.05, 3.63) is 40.9 Å². The van der Waals surface area contributed by atoms with Crippen LogP contribution < -0.4 is 0 Å². The van der Waals surface area contributed by atoms with Crippen LogP contribution >= 0.6 is 27.3 Å². The van der Waals surface area contributed by atoms with E-state index in [1.165, 1.54) is 23.5 Å². The highest BCUT2D eigenvalue weighted by molar-refractivity contribution is 9.09. The van der Waals surface area contributed by atoms with Crippen molar-refractivity contribution in [1.29, 1.82) is 0 Å². The van der Waals surface area contributed by atoms with Crippen molar-refractivity contribution >= 4 is 27.3 Å². The number of rotatable bonds is 3. The molecule has 0 radical (unpaired) electrons. The fourth-order valence-corrected chi connectivity index (χ4v) is 2.54. The molecule has 0 N–H and O–H groups in total. The molecule has 0 amide bonds. The topological polar surface area (TPSA) is 12.9 Å². The lowest BCUT2D eigenvalue weighted by atomic mass is 10.2. The van der Waals surface area contributed by atoms with Gasteiger partial charge >= 0.3 is 0 Å². The Hall–Kier alpha value is -0.810. The number of nitrogens with zero attached hydrogens (tertiary/aromatic N) is 1. The first kappa shape index (κ1) is 11.7. The van der Waals surface area contributed by atoms with E-state index in [4.69, 9.17) is 0 Å². The Balaban J connectivity index is 2.31. The number of thiazole rings is 1. The van der Waals surface area contributed by atoms with Crippen molar-refractivity contribution in [1.82, 2.24) is 4.98 Å². The molecule has 1 aromatic carbocycles. The third-order valence-corrected chi connectivity index (χ3v) is 3.41.